The van der Waals surface area contributed by atoms with Crippen LogP contribution < -0.4 is 5.32 Å². The maximum atomic E-state index is 5.22. The van der Waals surface area contributed by atoms with Gasteiger partial charge < -0.3 is 10.1 Å². The van der Waals surface area contributed by atoms with Gasteiger partial charge in [0, 0.05) is 51.4 Å². The van der Waals surface area contributed by atoms with Gasteiger partial charge in [-0.1, -0.05) is 0 Å². The highest BCUT2D eigenvalue weighted by Gasteiger charge is 2.29. The summed E-state index contributed by atoms with van der Waals surface area (Å²) in [6.45, 7) is 13.3. The SMILES string of the molecule is COCC(C)N(C)CC(C)(C)N1CCNCC1. The third-order valence-electron chi connectivity index (χ3n) is 3.77. The van der Waals surface area contributed by atoms with Crippen LogP contribution in [0.2, 0.25) is 0 Å². The molecule has 0 saturated carbocycles. The molecule has 0 bridgehead atoms. The molecule has 0 aromatic carbocycles. The van der Waals surface area contributed by atoms with Crippen molar-refractivity contribution in [1.29, 1.82) is 0 Å². The molecule has 1 atom stereocenters. The van der Waals surface area contributed by atoms with Crippen LogP contribution in [0.25, 0.3) is 0 Å². The number of hydrogen-bond donors (Lipinski definition) is 1. The summed E-state index contributed by atoms with van der Waals surface area (Å²) in [6.07, 6.45) is 0. The van der Waals surface area contributed by atoms with E-state index in [-0.39, 0.29) is 5.54 Å². The van der Waals surface area contributed by atoms with Gasteiger partial charge in [-0.2, -0.15) is 0 Å². The van der Waals surface area contributed by atoms with Crippen molar-refractivity contribution in [2.45, 2.75) is 32.4 Å². The van der Waals surface area contributed by atoms with Gasteiger partial charge in [-0.25, -0.2) is 0 Å². The average Bonchev–Trinajstić information content (AvgIpc) is 2.30. The molecule has 1 N–H and O–H groups in total. The molecule has 4 nitrogen and oxygen atoms in total. The second-order valence-electron chi connectivity index (χ2n) is 5.77. The van der Waals surface area contributed by atoms with E-state index in [1.807, 2.05) is 0 Å². The standard InChI is InChI=1S/C13H29N3O/c1-12(10-17-5)15(4)11-13(2,3)16-8-6-14-7-9-16/h12,14H,6-11H2,1-5H3. The van der Waals surface area contributed by atoms with Crippen LogP contribution in [0.3, 0.4) is 0 Å². The van der Waals surface area contributed by atoms with Crippen molar-refractivity contribution >= 4 is 0 Å². The number of methoxy groups -OCH3 is 1. The van der Waals surface area contributed by atoms with Crippen LogP contribution in [0.4, 0.5) is 0 Å². The Bertz CT molecular complexity index is 215. The van der Waals surface area contributed by atoms with Gasteiger partial charge in [0.05, 0.1) is 6.61 Å². The highest BCUT2D eigenvalue weighted by Crippen LogP contribution is 2.17. The smallest absolute Gasteiger partial charge is 0.0615 e. The number of nitrogens with one attached hydrogen (secondary N) is 1. The number of likely N-dealkylation sites (N-methyl/N-ethyl adjacent to an activating group) is 1. The Hall–Kier alpha value is -0.160. The van der Waals surface area contributed by atoms with E-state index in [0.29, 0.717) is 6.04 Å². The molecule has 0 radical (unpaired) electrons. The molecule has 0 aromatic heterocycles. The fourth-order valence-corrected chi connectivity index (χ4v) is 2.50. The second-order valence-corrected chi connectivity index (χ2v) is 5.77. The minimum absolute atomic E-state index is 0.235. The largest absolute Gasteiger partial charge is 0.383 e. The highest BCUT2D eigenvalue weighted by atomic mass is 16.5. The van der Waals surface area contributed by atoms with E-state index >= 15 is 0 Å². The molecule has 1 aliphatic heterocycles. The van der Waals surface area contributed by atoms with Crippen molar-refractivity contribution in [1.82, 2.24) is 15.1 Å². The van der Waals surface area contributed by atoms with E-state index in [9.17, 15) is 0 Å². The minimum atomic E-state index is 0.235. The second kappa shape index (κ2) is 6.69. The quantitative estimate of drug-likeness (QED) is 0.741. The van der Waals surface area contributed by atoms with Crippen LogP contribution in [-0.2, 0) is 4.74 Å². The van der Waals surface area contributed by atoms with Crippen molar-refractivity contribution in [3.63, 3.8) is 0 Å². The number of nitrogens with zero attached hydrogens (tertiary/aromatic N) is 2. The average molecular weight is 243 g/mol. The van der Waals surface area contributed by atoms with Crippen LogP contribution >= 0.6 is 0 Å². The normalized spacial score (nSPS) is 20.8. The maximum Gasteiger partial charge on any atom is 0.0615 e. The van der Waals surface area contributed by atoms with Crippen LogP contribution in [0, 0.1) is 0 Å². The summed E-state index contributed by atoms with van der Waals surface area (Å²) in [5, 5.41) is 3.41. The highest BCUT2D eigenvalue weighted by molar-refractivity contribution is 4.88. The molecule has 1 unspecified atom stereocenters. The first-order chi connectivity index (χ1) is 7.97. The molecular formula is C13H29N3O. The number of rotatable bonds is 6. The van der Waals surface area contributed by atoms with Crippen molar-refractivity contribution in [3.8, 4) is 0 Å². The fourth-order valence-electron chi connectivity index (χ4n) is 2.50. The fraction of sp³-hybridized carbons (Fsp3) is 1.00. The number of ether oxygens (including phenoxy) is 1. The Balaban J connectivity index is 2.46. The lowest BCUT2D eigenvalue weighted by molar-refractivity contribution is 0.0421. The summed E-state index contributed by atoms with van der Waals surface area (Å²) >= 11 is 0. The summed E-state index contributed by atoms with van der Waals surface area (Å²) in [6, 6.07) is 0.474. The molecule has 1 rings (SSSR count). The molecule has 102 valence electrons. The summed E-state index contributed by atoms with van der Waals surface area (Å²) in [7, 11) is 3.96. The molecule has 17 heavy (non-hydrogen) atoms. The van der Waals surface area contributed by atoms with Gasteiger partial charge in [0.15, 0.2) is 0 Å². The molecule has 1 fully saturated rings. The van der Waals surface area contributed by atoms with E-state index < -0.39 is 0 Å². The Morgan fingerprint density at radius 1 is 1.35 bits per heavy atom. The van der Waals surface area contributed by atoms with Crippen molar-refractivity contribution in [2.24, 2.45) is 0 Å². The zero-order chi connectivity index (χ0) is 12.9. The Morgan fingerprint density at radius 2 is 1.94 bits per heavy atom. The van der Waals surface area contributed by atoms with E-state index in [0.717, 1.165) is 39.3 Å². The molecular weight excluding hydrogens is 214 g/mol. The van der Waals surface area contributed by atoms with E-state index in [1.54, 1.807) is 7.11 Å². The van der Waals surface area contributed by atoms with Crippen molar-refractivity contribution < 1.29 is 4.74 Å². The van der Waals surface area contributed by atoms with Crippen molar-refractivity contribution in [2.75, 3.05) is 53.5 Å². The molecule has 0 spiro atoms. The molecule has 0 aromatic rings. The monoisotopic (exact) mass is 243 g/mol. The van der Waals surface area contributed by atoms with Crippen molar-refractivity contribution in [3.05, 3.63) is 0 Å². The molecule has 0 amide bonds. The lowest BCUT2D eigenvalue weighted by Crippen LogP contribution is -2.58. The summed E-state index contributed by atoms with van der Waals surface area (Å²) in [4.78, 5) is 4.98. The van der Waals surface area contributed by atoms with E-state index in [4.69, 9.17) is 4.74 Å². The zero-order valence-electron chi connectivity index (χ0n) is 12.1. The Morgan fingerprint density at radius 3 is 2.47 bits per heavy atom. The molecule has 1 heterocycles. The zero-order valence-corrected chi connectivity index (χ0v) is 12.1. The predicted octanol–water partition coefficient (Wildman–Crippen LogP) is 0.637. The maximum absolute atomic E-state index is 5.22. The van der Waals surface area contributed by atoms with Gasteiger partial charge in [0.2, 0.25) is 0 Å². The van der Waals surface area contributed by atoms with E-state index in [2.05, 4.69) is 42.9 Å². The van der Waals surface area contributed by atoms with Gasteiger partial charge in [0.25, 0.3) is 0 Å². The van der Waals surface area contributed by atoms with Crippen LogP contribution in [0.5, 0.6) is 0 Å². The molecule has 4 heteroatoms. The number of hydrogen-bond acceptors (Lipinski definition) is 4. The van der Waals surface area contributed by atoms with Crippen LogP contribution in [0.1, 0.15) is 20.8 Å². The lowest BCUT2D eigenvalue weighted by atomic mass is 10.0. The Kier molecular flexibility index (Phi) is 5.86. The molecule has 1 aliphatic rings. The third-order valence-corrected chi connectivity index (χ3v) is 3.77. The summed E-state index contributed by atoms with van der Waals surface area (Å²) < 4.78 is 5.22. The molecule has 1 saturated heterocycles. The summed E-state index contributed by atoms with van der Waals surface area (Å²) in [5.74, 6) is 0. The number of piperazine rings is 1. The van der Waals surface area contributed by atoms with Gasteiger partial charge in [0.1, 0.15) is 0 Å². The Labute approximate surface area is 106 Å². The first kappa shape index (κ1) is 14.9. The van der Waals surface area contributed by atoms with Gasteiger partial charge in [-0.3, -0.25) is 9.80 Å². The predicted molar refractivity (Wildman–Crippen MR) is 72.5 cm³/mol. The first-order valence-electron chi connectivity index (χ1n) is 6.62. The van der Waals surface area contributed by atoms with Crippen LogP contribution in [0.15, 0.2) is 0 Å². The third kappa shape index (κ3) is 4.54. The first-order valence-corrected chi connectivity index (χ1v) is 6.62. The van der Waals surface area contributed by atoms with Crippen LogP contribution in [-0.4, -0.2) is 74.9 Å². The topological polar surface area (TPSA) is 27.7 Å². The minimum Gasteiger partial charge on any atom is -0.383 e. The lowest BCUT2D eigenvalue weighted by Gasteiger charge is -2.44. The summed E-state index contributed by atoms with van der Waals surface area (Å²) in [5.41, 5.74) is 0.235. The molecule has 0 aliphatic carbocycles. The van der Waals surface area contributed by atoms with Gasteiger partial charge in [-0.05, 0) is 27.8 Å². The van der Waals surface area contributed by atoms with Gasteiger partial charge in [-0.15, -0.1) is 0 Å². The van der Waals surface area contributed by atoms with E-state index in [1.165, 1.54) is 0 Å². The van der Waals surface area contributed by atoms with Gasteiger partial charge >= 0.3 is 0 Å².